The van der Waals surface area contributed by atoms with Gasteiger partial charge in [-0.15, -0.1) is 0 Å². The fraction of sp³-hybridized carbons (Fsp3) is 0.261. The summed E-state index contributed by atoms with van der Waals surface area (Å²) in [6, 6.07) is 12.7. The minimum atomic E-state index is -1.21. The van der Waals surface area contributed by atoms with Gasteiger partial charge < -0.3 is 9.47 Å². The zero-order valence-corrected chi connectivity index (χ0v) is 17.7. The molecule has 0 saturated heterocycles. The van der Waals surface area contributed by atoms with E-state index in [0.717, 1.165) is 5.56 Å². The summed E-state index contributed by atoms with van der Waals surface area (Å²) in [7, 11) is 0. The van der Waals surface area contributed by atoms with E-state index < -0.39 is 23.7 Å². The fourth-order valence-electron chi connectivity index (χ4n) is 4.28. The van der Waals surface area contributed by atoms with Gasteiger partial charge in [0, 0.05) is 5.56 Å². The third kappa shape index (κ3) is 3.09. The number of carbonyl (C=O) groups excluding carboxylic acids is 1. The van der Waals surface area contributed by atoms with E-state index in [1.54, 1.807) is 42.7 Å². The summed E-state index contributed by atoms with van der Waals surface area (Å²) in [4.78, 5) is 31.5. The lowest BCUT2D eigenvalue weighted by Gasteiger charge is -2.44. The van der Waals surface area contributed by atoms with Crippen LogP contribution in [0.5, 0.6) is 5.75 Å². The molecule has 3 aromatic rings. The van der Waals surface area contributed by atoms with Gasteiger partial charge in [0.25, 0.3) is 5.56 Å². The van der Waals surface area contributed by atoms with Crippen molar-refractivity contribution < 1.29 is 18.7 Å². The molecular formula is C23H19FN2O4S. The van der Waals surface area contributed by atoms with Crippen molar-refractivity contribution in [3.63, 3.8) is 0 Å². The Kier molecular flexibility index (Phi) is 4.55. The second kappa shape index (κ2) is 7.16. The number of nitrogens with zero attached hydrogens (tertiary/aromatic N) is 2. The highest BCUT2D eigenvalue weighted by atomic mass is 32.1. The predicted octanol–water partition coefficient (Wildman–Crippen LogP) is 2.39. The molecule has 1 aromatic heterocycles. The second-order valence-corrected chi connectivity index (χ2v) is 8.61. The van der Waals surface area contributed by atoms with Crippen LogP contribution in [0, 0.1) is 11.7 Å². The Bertz CT molecular complexity index is 1380. The molecular weight excluding hydrogens is 419 g/mol. The maximum Gasteiger partial charge on any atom is 0.317 e. The van der Waals surface area contributed by atoms with Crippen molar-refractivity contribution >= 4 is 23.4 Å². The maximum atomic E-state index is 13.6. The molecule has 0 spiro atoms. The summed E-state index contributed by atoms with van der Waals surface area (Å²) < 4.78 is 27.1. The Labute approximate surface area is 180 Å². The van der Waals surface area contributed by atoms with Crippen LogP contribution in [-0.4, -0.2) is 22.9 Å². The van der Waals surface area contributed by atoms with E-state index in [1.165, 1.54) is 23.5 Å². The molecule has 158 valence electrons. The number of halogens is 1. The molecule has 3 heterocycles. The highest BCUT2D eigenvalue weighted by Crippen LogP contribution is 2.47. The number of aromatic nitrogens is 1. The molecule has 6 nitrogen and oxygen atoms in total. The summed E-state index contributed by atoms with van der Waals surface area (Å²) in [5, 5.41) is 0. The first-order valence-corrected chi connectivity index (χ1v) is 10.8. The topological polar surface area (TPSA) is 69.9 Å². The molecule has 8 heteroatoms. The second-order valence-electron chi connectivity index (χ2n) is 7.60. The number of benzene rings is 2. The molecule has 31 heavy (non-hydrogen) atoms. The molecule has 2 aliphatic heterocycles. The first-order chi connectivity index (χ1) is 14.9. The van der Waals surface area contributed by atoms with Crippen molar-refractivity contribution in [2.75, 3.05) is 6.61 Å². The van der Waals surface area contributed by atoms with E-state index in [9.17, 15) is 14.0 Å². The lowest BCUT2D eigenvalue weighted by molar-refractivity contribution is -0.160. The number of ether oxygens (including phenoxy) is 2. The highest BCUT2D eigenvalue weighted by molar-refractivity contribution is 7.07. The van der Waals surface area contributed by atoms with Crippen LogP contribution in [0.4, 0.5) is 4.39 Å². The Hall–Kier alpha value is -3.26. The molecule has 2 aliphatic rings. The van der Waals surface area contributed by atoms with E-state index in [2.05, 4.69) is 4.99 Å². The quantitative estimate of drug-likeness (QED) is 0.589. The molecule has 0 N–H and O–H groups in total. The van der Waals surface area contributed by atoms with Crippen molar-refractivity contribution in [3.05, 3.63) is 85.2 Å². The third-order valence-electron chi connectivity index (χ3n) is 5.57. The highest BCUT2D eigenvalue weighted by Gasteiger charge is 2.55. The van der Waals surface area contributed by atoms with Crippen LogP contribution in [-0.2, 0) is 9.53 Å². The van der Waals surface area contributed by atoms with E-state index in [0.29, 0.717) is 20.6 Å². The Morgan fingerprint density at radius 1 is 1.32 bits per heavy atom. The SMILES string of the molecule is CCOC(=O)C1C2c3ccccc3O[C@@]1(C)N=c1sc(=Cc3cccc(F)c3)c(=O)n12. The third-order valence-corrected chi connectivity index (χ3v) is 6.55. The molecule has 0 aliphatic carbocycles. The van der Waals surface area contributed by atoms with Crippen LogP contribution in [0.15, 0.2) is 58.3 Å². The van der Waals surface area contributed by atoms with E-state index in [1.807, 2.05) is 18.2 Å². The normalized spacial score (nSPS) is 23.9. The van der Waals surface area contributed by atoms with Crippen LogP contribution < -0.4 is 19.6 Å². The van der Waals surface area contributed by atoms with Gasteiger partial charge in [-0.1, -0.05) is 41.7 Å². The van der Waals surface area contributed by atoms with Crippen LogP contribution in [0.1, 0.15) is 31.0 Å². The smallest absolute Gasteiger partial charge is 0.317 e. The molecule has 0 amide bonds. The van der Waals surface area contributed by atoms with Crippen molar-refractivity contribution in [1.29, 1.82) is 0 Å². The van der Waals surface area contributed by atoms with Gasteiger partial charge in [-0.2, -0.15) is 0 Å². The predicted molar refractivity (Wildman–Crippen MR) is 113 cm³/mol. The first-order valence-electron chi connectivity index (χ1n) is 9.94. The standard InChI is InChI=1S/C23H19FN2O4S/c1-3-29-21(28)18-19-15-9-4-5-10-16(15)30-23(18,2)25-22-26(19)20(27)17(31-22)12-13-7-6-8-14(24)11-13/h4-12,18-19H,3H2,1-2H3/t18?,19?,23-/m1/s1. The average Bonchev–Trinajstić information content (AvgIpc) is 3.01. The minimum Gasteiger partial charge on any atom is -0.466 e. The van der Waals surface area contributed by atoms with Crippen molar-refractivity contribution in [2.24, 2.45) is 10.9 Å². The lowest BCUT2D eigenvalue weighted by Crippen LogP contribution is -2.58. The number of para-hydroxylation sites is 1. The number of thiazole rings is 1. The molecule has 2 bridgehead atoms. The monoisotopic (exact) mass is 438 g/mol. The molecule has 3 atom stereocenters. The van der Waals surface area contributed by atoms with E-state index >= 15 is 0 Å². The number of hydrogen-bond donors (Lipinski definition) is 0. The van der Waals surface area contributed by atoms with Gasteiger partial charge >= 0.3 is 5.97 Å². The number of rotatable bonds is 3. The average molecular weight is 438 g/mol. The number of carbonyl (C=O) groups is 1. The summed E-state index contributed by atoms with van der Waals surface area (Å²) in [6.07, 6.45) is 1.63. The van der Waals surface area contributed by atoms with Gasteiger partial charge in [0.2, 0.25) is 5.72 Å². The summed E-state index contributed by atoms with van der Waals surface area (Å²) in [5.74, 6) is -1.08. The summed E-state index contributed by atoms with van der Waals surface area (Å²) in [6.45, 7) is 3.68. The number of esters is 1. The Morgan fingerprint density at radius 2 is 2.13 bits per heavy atom. The molecule has 0 radical (unpaired) electrons. The van der Waals surface area contributed by atoms with E-state index in [-0.39, 0.29) is 18.0 Å². The van der Waals surface area contributed by atoms with E-state index in [4.69, 9.17) is 9.47 Å². The van der Waals surface area contributed by atoms with Crippen LogP contribution in [0.2, 0.25) is 0 Å². The summed E-state index contributed by atoms with van der Waals surface area (Å²) >= 11 is 1.19. The Balaban J connectivity index is 1.78. The molecule has 5 rings (SSSR count). The van der Waals surface area contributed by atoms with Crippen LogP contribution in [0.3, 0.4) is 0 Å². The van der Waals surface area contributed by atoms with Gasteiger partial charge in [-0.3, -0.25) is 14.2 Å². The summed E-state index contributed by atoms with van der Waals surface area (Å²) in [5.41, 5.74) is -0.194. The molecule has 2 aromatic carbocycles. The fourth-order valence-corrected chi connectivity index (χ4v) is 5.38. The van der Waals surface area contributed by atoms with Crippen molar-refractivity contribution in [1.82, 2.24) is 4.57 Å². The molecule has 0 fully saturated rings. The maximum absolute atomic E-state index is 13.6. The zero-order valence-electron chi connectivity index (χ0n) is 16.9. The van der Waals surface area contributed by atoms with Gasteiger partial charge in [-0.05, 0) is 43.7 Å². The van der Waals surface area contributed by atoms with Gasteiger partial charge in [0.1, 0.15) is 17.5 Å². The largest absolute Gasteiger partial charge is 0.466 e. The lowest BCUT2D eigenvalue weighted by atomic mass is 9.81. The van der Waals surface area contributed by atoms with Gasteiger partial charge in [-0.25, -0.2) is 9.38 Å². The number of hydrogen-bond acceptors (Lipinski definition) is 6. The van der Waals surface area contributed by atoms with Crippen LogP contribution in [0.25, 0.3) is 6.08 Å². The zero-order chi connectivity index (χ0) is 21.8. The van der Waals surface area contributed by atoms with Gasteiger partial charge in [0.05, 0.1) is 17.2 Å². The molecule has 0 saturated carbocycles. The molecule has 2 unspecified atom stereocenters. The van der Waals surface area contributed by atoms with Gasteiger partial charge in [0.15, 0.2) is 4.80 Å². The van der Waals surface area contributed by atoms with Crippen LogP contribution >= 0.6 is 11.3 Å². The van der Waals surface area contributed by atoms with Crippen molar-refractivity contribution in [2.45, 2.75) is 25.6 Å². The first kappa shape index (κ1) is 19.7. The number of fused-ring (bicyclic) bond motifs is 6. The Morgan fingerprint density at radius 3 is 2.90 bits per heavy atom. The minimum absolute atomic E-state index is 0.212. The van der Waals surface area contributed by atoms with Crippen molar-refractivity contribution in [3.8, 4) is 5.75 Å².